The van der Waals surface area contributed by atoms with Crippen LogP contribution in [0.2, 0.25) is 0 Å². The summed E-state index contributed by atoms with van der Waals surface area (Å²) in [5.74, 6) is 0. The van der Waals surface area contributed by atoms with Crippen molar-refractivity contribution in [3.05, 3.63) is 0 Å². The van der Waals surface area contributed by atoms with Gasteiger partial charge >= 0.3 is 29.6 Å². The maximum atomic E-state index is 11.0. The Morgan fingerprint density at radius 1 is 1.00 bits per heavy atom. The summed E-state index contributed by atoms with van der Waals surface area (Å²) in [6, 6.07) is 0. The number of aliphatic hydroxyl groups is 1. The molecule has 0 amide bonds. The summed E-state index contributed by atoms with van der Waals surface area (Å²) in [5, 5.41) is 8.83. The van der Waals surface area contributed by atoms with Gasteiger partial charge < -0.3 is 9.66 Å². The molecule has 0 aromatic carbocycles. The second kappa shape index (κ2) is 11.7. The normalized spacial score (nSPS) is 14.9. The Kier molecular flexibility index (Phi) is 13.7. The summed E-state index contributed by atoms with van der Waals surface area (Å²) in [5.41, 5.74) is 0. The molecule has 0 aromatic heterocycles. The van der Waals surface area contributed by atoms with Crippen LogP contribution in [0.3, 0.4) is 0 Å². The Morgan fingerprint density at radius 3 is 2.00 bits per heavy atom. The SMILES string of the molecule is CCCCC(O)CCCC(CCC)S(=O)(=O)[O-].[Na+]. The first-order valence-corrected chi connectivity index (χ1v) is 8.01. The van der Waals surface area contributed by atoms with Crippen molar-refractivity contribution in [2.75, 3.05) is 0 Å². The van der Waals surface area contributed by atoms with Crippen LogP contribution in [0, 0.1) is 0 Å². The minimum Gasteiger partial charge on any atom is -0.748 e. The molecule has 0 fully saturated rings. The Hall–Kier alpha value is 0.870. The summed E-state index contributed by atoms with van der Waals surface area (Å²) in [4.78, 5) is 0. The largest absolute Gasteiger partial charge is 1.00 e. The molecule has 0 saturated heterocycles. The molecule has 4 nitrogen and oxygen atoms in total. The van der Waals surface area contributed by atoms with E-state index in [-0.39, 0.29) is 35.7 Å². The molecule has 0 radical (unpaired) electrons. The maximum Gasteiger partial charge on any atom is 1.00 e. The first-order valence-electron chi connectivity index (χ1n) is 6.54. The summed E-state index contributed by atoms with van der Waals surface area (Å²) >= 11 is 0. The van der Waals surface area contributed by atoms with Crippen molar-refractivity contribution < 1.29 is 47.6 Å². The molecule has 18 heavy (non-hydrogen) atoms. The Bertz CT molecular complexity index is 280. The predicted octanol–water partition coefficient (Wildman–Crippen LogP) is -0.574. The van der Waals surface area contributed by atoms with Crippen molar-refractivity contribution in [3.63, 3.8) is 0 Å². The van der Waals surface area contributed by atoms with Crippen LogP contribution in [-0.2, 0) is 10.1 Å². The zero-order valence-electron chi connectivity index (χ0n) is 11.9. The van der Waals surface area contributed by atoms with Gasteiger partial charge in [0.25, 0.3) is 0 Å². The molecule has 0 aromatic rings. The third-order valence-corrected chi connectivity index (χ3v) is 4.26. The predicted molar refractivity (Wildman–Crippen MR) is 67.8 cm³/mol. The monoisotopic (exact) mass is 288 g/mol. The fourth-order valence-corrected chi connectivity index (χ4v) is 2.90. The third kappa shape index (κ3) is 10.8. The number of hydrogen-bond donors (Lipinski definition) is 1. The van der Waals surface area contributed by atoms with Gasteiger partial charge in [-0.2, -0.15) is 0 Å². The van der Waals surface area contributed by atoms with Crippen molar-refractivity contribution in [3.8, 4) is 0 Å². The van der Waals surface area contributed by atoms with Crippen molar-refractivity contribution in [1.82, 2.24) is 0 Å². The van der Waals surface area contributed by atoms with E-state index in [1.165, 1.54) is 0 Å². The summed E-state index contributed by atoms with van der Waals surface area (Å²) in [6.45, 7) is 3.93. The molecular formula is C12H25NaO4S. The second-order valence-electron chi connectivity index (χ2n) is 4.63. The van der Waals surface area contributed by atoms with Crippen LogP contribution in [0.25, 0.3) is 0 Å². The van der Waals surface area contributed by atoms with Crippen LogP contribution in [-0.4, -0.2) is 29.4 Å². The van der Waals surface area contributed by atoms with Gasteiger partial charge in [-0.15, -0.1) is 0 Å². The molecule has 104 valence electrons. The fourth-order valence-electron chi connectivity index (χ4n) is 1.92. The quantitative estimate of drug-likeness (QED) is 0.431. The van der Waals surface area contributed by atoms with Gasteiger partial charge in [0.1, 0.15) is 0 Å². The van der Waals surface area contributed by atoms with Gasteiger partial charge in [-0.25, -0.2) is 8.42 Å². The second-order valence-corrected chi connectivity index (χ2v) is 6.28. The van der Waals surface area contributed by atoms with Crippen LogP contribution in [0.15, 0.2) is 0 Å². The molecule has 2 atom stereocenters. The maximum absolute atomic E-state index is 11.0. The van der Waals surface area contributed by atoms with Crippen LogP contribution < -0.4 is 29.6 Å². The molecule has 0 aliphatic rings. The standard InChI is InChI=1S/C12H26O4S.Na/c1-3-5-8-11(13)9-6-10-12(7-4-2)17(14,15)16;/h11-13H,3-10H2,1-2H3,(H,14,15,16);/q;+1/p-1. The minimum absolute atomic E-state index is 0. The smallest absolute Gasteiger partial charge is 0.748 e. The first kappa shape index (κ1) is 21.2. The van der Waals surface area contributed by atoms with Crippen molar-refractivity contribution in [1.29, 1.82) is 0 Å². The van der Waals surface area contributed by atoms with Crippen LogP contribution in [0.4, 0.5) is 0 Å². The molecule has 0 aliphatic heterocycles. The van der Waals surface area contributed by atoms with Gasteiger partial charge in [-0.1, -0.05) is 33.1 Å². The molecule has 0 heterocycles. The number of aliphatic hydroxyl groups excluding tert-OH is 1. The van der Waals surface area contributed by atoms with E-state index >= 15 is 0 Å². The van der Waals surface area contributed by atoms with Crippen molar-refractivity contribution in [2.45, 2.75) is 76.6 Å². The van der Waals surface area contributed by atoms with E-state index in [1.54, 1.807) is 0 Å². The van der Waals surface area contributed by atoms with Gasteiger partial charge in [0.15, 0.2) is 0 Å². The number of rotatable bonds is 10. The first-order chi connectivity index (χ1) is 7.91. The molecule has 0 spiro atoms. The third-order valence-electron chi connectivity index (χ3n) is 2.97. The van der Waals surface area contributed by atoms with Gasteiger partial charge in [-0.05, 0) is 32.1 Å². The summed E-state index contributed by atoms with van der Waals surface area (Å²) in [7, 11) is -4.17. The molecule has 2 unspecified atom stereocenters. The van der Waals surface area contributed by atoms with Crippen LogP contribution in [0.5, 0.6) is 0 Å². The zero-order chi connectivity index (χ0) is 13.3. The Balaban J connectivity index is 0. The Labute approximate surface area is 134 Å². The average Bonchev–Trinajstić information content (AvgIpc) is 2.23. The van der Waals surface area contributed by atoms with Crippen molar-refractivity contribution >= 4 is 10.1 Å². The molecule has 1 N–H and O–H groups in total. The summed E-state index contributed by atoms with van der Waals surface area (Å²) in [6.07, 6.45) is 5.14. The fraction of sp³-hybridized carbons (Fsp3) is 1.00. The Morgan fingerprint density at radius 2 is 1.56 bits per heavy atom. The number of unbranched alkanes of at least 4 members (excludes halogenated alkanes) is 1. The van der Waals surface area contributed by atoms with E-state index < -0.39 is 15.4 Å². The zero-order valence-corrected chi connectivity index (χ0v) is 14.7. The topological polar surface area (TPSA) is 77.4 Å². The van der Waals surface area contributed by atoms with Gasteiger partial charge in [0.2, 0.25) is 0 Å². The van der Waals surface area contributed by atoms with Gasteiger partial charge in [0.05, 0.1) is 16.2 Å². The minimum atomic E-state index is -4.17. The van der Waals surface area contributed by atoms with Gasteiger partial charge in [-0.3, -0.25) is 0 Å². The van der Waals surface area contributed by atoms with E-state index in [4.69, 9.17) is 0 Å². The molecule has 0 aliphatic carbocycles. The van der Waals surface area contributed by atoms with E-state index in [9.17, 15) is 18.1 Å². The molecule has 0 bridgehead atoms. The number of hydrogen-bond acceptors (Lipinski definition) is 4. The van der Waals surface area contributed by atoms with Crippen LogP contribution in [0.1, 0.15) is 65.2 Å². The van der Waals surface area contributed by atoms with Crippen molar-refractivity contribution in [2.24, 2.45) is 0 Å². The van der Waals surface area contributed by atoms with Gasteiger partial charge in [0, 0.05) is 5.25 Å². The average molecular weight is 288 g/mol. The van der Waals surface area contributed by atoms with E-state index in [2.05, 4.69) is 6.92 Å². The summed E-state index contributed by atoms with van der Waals surface area (Å²) < 4.78 is 32.9. The molecule has 6 heteroatoms. The molecule has 0 saturated carbocycles. The van der Waals surface area contributed by atoms with E-state index in [1.807, 2.05) is 6.92 Å². The van der Waals surface area contributed by atoms with E-state index in [0.29, 0.717) is 32.1 Å². The molecular weight excluding hydrogens is 263 g/mol. The van der Waals surface area contributed by atoms with E-state index in [0.717, 1.165) is 19.3 Å². The van der Waals surface area contributed by atoms with Crippen LogP contribution >= 0.6 is 0 Å². The molecule has 0 rings (SSSR count).